The lowest BCUT2D eigenvalue weighted by Gasteiger charge is -2.03. The molecule has 90 valence electrons. The van der Waals surface area contributed by atoms with Gasteiger partial charge in [-0.15, -0.1) is 11.3 Å². The minimum Gasteiger partial charge on any atom is -0.436 e. The Morgan fingerprint density at radius 1 is 1.53 bits per heavy atom. The zero-order valence-electron chi connectivity index (χ0n) is 9.85. The van der Waals surface area contributed by atoms with Gasteiger partial charge in [0.1, 0.15) is 0 Å². The number of carbonyl (C=O) groups excluding carboxylic acids is 1. The molecule has 17 heavy (non-hydrogen) atoms. The van der Waals surface area contributed by atoms with Crippen molar-refractivity contribution in [2.75, 3.05) is 5.32 Å². The van der Waals surface area contributed by atoms with E-state index in [9.17, 15) is 4.79 Å². The predicted molar refractivity (Wildman–Crippen MR) is 65.4 cm³/mol. The van der Waals surface area contributed by atoms with Gasteiger partial charge in [0.2, 0.25) is 5.76 Å². The molecule has 2 aromatic rings. The first-order valence-corrected chi connectivity index (χ1v) is 6.14. The van der Waals surface area contributed by atoms with Crippen LogP contribution in [0.4, 0.5) is 5.13 Å². The molecule has 0 atom stereocenters. The molecule has 0 bridgehead atoms. The minimum atomic E-state index is -0.302. The van der Waals surface area contributed by atoms with Gasteiger partial charge in [-0.05, 0) is 5.92 Å². The van der Waals surface area contributed by atoms with E-state index in [1.165, 1.54) is 11.3 Å². The van der Waals surface area contributed by atoms with Gasteiger partial charge in [0.15, 0.2) is 11.0 Å². The normalized spacial score (nSPS) is 10.8. The van der Waals surface area contributed by atoms with Crippen LogP contribution in [0.2, 0.25) is 0 Å². The van der Waals surface area contributed by atoms with Crippen molar-refractivity contribution in [3.8, 4) is 0 Å². The van der Waals surface area contributed by atoms with Gasteiger partial charge in [0.05, 0.1) is 5.69 Å². The summed E-state index contributed by atoms with van der Waals surface area (Å²) in [5, 5.41) is 5.03. The quantitative estimate of drug-likeness (QED) is 0.910. The van der Waals surface area contributed by atoms with Crippen molar-refractivity contribution in [1.82, 2.24) is 9.97 Å². The Morgan fingerprint density at radius 3 is 2.88 bits per heavy atom. The summed E-state index contributed by atoms with van der Waals surface area (Å²) in [6, 6.07) is 0. The maximum atomic E-state index is 12.0. The number of hydrogen-bond acceptors (Lipinski definition) is 5. The average Bonchev–Trinajstić information content (AvgIpc) is 2.86. The van der Waals surface area contributed by atoms with Crippen molar-refractivity contribution < 1.29 is 9.21 Å². The first-order valence-electron chi connectivity index (χ1n) is 5.26. The Labute approximate surface area is 103 Å². The maximum Gasteiger partial charge on any atom is 0.295 e. The van der Waals surface area contributed by atoms with Crippen LogP contribution in [0, 0.1) is 6.92 Å². The summed E-state index contributed by atoms with van der Waals surface area (Å²) < 4.78 is 5.34. The highest BCUT2D eigenvalue weighted by molar-refractivity contribution is 7.13. The third kappa shape index (κ3) is 2.52. The van der Waals surface area contributed by atoms with Crippen LogP contribution in [0.5, 0.6) is 0 Å². The summed E-state index contributed by atoms with van der Waals surface area (Å²) in [5.74, 6) is 0.611. The summed E-state index contributed by atoms with van der Waals surface area (Å²) in [4.78, 5) is 20.2. The molecule has 0 unspecified atom stereocenters. The fourth-order valence-electron chi connectivity index (χ4n) is 1.44. The molecule has 6 heteroatoms. The highest BCUT2D eigenvalue weighted by Crippen LogP contribution is 2.21. The van der Waals surface area contributed by atoms with Crippen LogP contribution in [0.25, 0.3) is 0 Å². The number of rotatable bonds is 3. The topological polar surface area (TPSA) is 68.0 Å². The number of thiazole rings is 1. The molecule has 5 nitrogen and oxygen atoms in total. The minimum absolute atomic E-state index is 0.143. The Morgan fingerprint density at radius 2 is 2.29 bits per heavy atom. The highest BCUT2D eigenvalue weighted by atomic mass is 32.1. The van der Waals surface area contributed by atoms with Crippen molar-refractivity contribution in [2.24, 2.45) is 0 Å². The molecule has 0 aromatic carbocycles. The molecule has 0 aliphatic heterocycles. The Hall–Kier alpha value is -1.69. The third-order valence-corrected chi connectivity index (χ3v) is 2.85. The lowest BCUT2D eigenvalue weighted by molar-refractivity contribution is 0.0993. The molecule has 2 rings (SSSR count). The second-order valence-electron chi connectivity index (χ2n) is 3.89. The molecule has 0 saturated carbocycles. The van der Waals surface area contributed by atoms with Crippen molar-refractivity contribution in [3.05, 3.63) is 28.9 Å². The van der Waals surface area contributed by atoms with Crippen LogP contribution in [0.3, 0.4) is 0 Å². The number of oxazole rings is 1. The average molecular weight is 251 g/mol. The predicted octanol–water partition coefficient (Wildman–Crippen LogP) is 2.82. The molecule has 1 N–H and O–H groups in total. The van der Waals surface area contributed by atoms with Crippen LogP contribution in [-0.4, -0.2) is 15.9 Å². The summed E-state index contributed by atoms with van der Waals surface area (Å²) in [6.45, 7) is 5.67. The second kappa shape index (κ2) is 4.67. The molecule has 0 fully saturated rings. The van der Waals surface area contributed by atoms with Crippen LogP contribution in [-0.2, 0) is 0 Å². The van der Waals surface area contributed by atoms with E-state index in [1.807, 2.05) is 13.8 Å². The van der Waals surface area contributed by atoms with E-state index < -0.39 is 0 Å². The molecular formula is C11H13N3O2S. The van der Waals surface area contributed by atoms with E-state index in [0.717, 1.165) is 0 Å². The number of amides is 1. The number of aromatic nitrogens is 2. The Bertz CT molecular complexity index is 517. The zero-order chi connectivity index (χ0) is 12.4. The number of carbonyl (C=O) groups is 1. The van der Waals surface area contributed by atoms with Gasteiger partial charge < -0.3 is 4.42 Å². The fourth-order valence-corrected chi connectivity index (χ4v) is 1.96. The van der Waals surface area contributed by atoms with Gasteiger partial charge in [-0.2, -0.15) is 0 Å². The number of nitrogens with zero attached hydrogens (tertiary/aromatic N) is 2. The van der Waals surface area contributed by atoms with Gasteiger partial charge in [-0.3, -0.25) is 10.1 Å². The summed E-state index contributed by atoms with van der Waals surface area (Å²) in [6.07, 6.45) is 1.63. The summed E-state index contributed by atoms with van der Waals surface area (Å²) in [7, 11) is 0. The first-order chi connectivity index (χ1) is 8.08. The zero-order valence-corrected chi connectivity index (χ0v) is 10.7. The standard InChI is InChI=1S/C11H13N3O2S/c1-6(2)8-9(16-7(3)13-8)10(15)14-11-12-4-5-17-11/h4-6H,1-3H3,(H,12,14,15). The number of anilines is 1. The molecule has 0 radical (unpaired) electrons. The molecule has 2 aromatic heterocycles. The van der Waals surface area contributed by atoms with Crippen LogP contribution in [0.15, 0.2) is 16.0 Å². The van der Waals surface area contributed by atoms with Gasteiger partial charge >= 0.3 is 0 Å². The Balaban J connectivity index is 2.24. The van der Waals surface area contributed by atoms with E-state index in [4.69, 9.17) is 4.42 Å². The first kappa shape index (κ1) is 11.8. The molecule has 0 spiro atoms. The van der Waals surface area contributed by atoms with E-state index in [1.54, 1.807) is 18.5 Å². The van der Waals surface area contributed by atoms with Crippen LogP contribution < -0.4 is 5.32 Å². The number of aryl methyl sites for hydroxylation is 1. The SMILES string of the molecule is Cc1nc(C(C)C)c(C(=O)Nc2nccs2)o1. The second-order valence-corrected chi connectivity index (χ2v) is 4.79. The molecule has 0 saturated heterocycles. The lowest BCUT2D eigenvalue weighted by atomic mass is 10.1. The monoisotopic (exact) mass is 251 g/mol. The number of nitrogens with one attached hydrogen (secondary N) is 1. The Kier molecular flexibility index (Phi) is 3.23. The van der Waals surface area contributed by atoms with Crippen LogP contribution in [0.1, 0.15) is 41.9 Å². The number of hydrogen-bond donors (Lipinski definition) is 1. The molecule has 0 aliphatic rings. The smallest absolute Gasteiger partial charge is 0.295 e. The summed E-state index contributed by atoms with van der Waals surface area (Å²) in [5.41, 5.74) is 0.677. The maximum absolute atomic E-state index is 12.0. The van der Waals surface area contributed by atoms with Crippen molar-refractivity contribution in [3.63, 3.8) is 0 Å². The van der Waals surface area contributed by atoms with Gasteiger partial charge in [0, 0.05) is 18.5 Å². The summed E-state index contributed by atoms with van der Waals surface area (Å²) >= 11 is 1.36. The molecular weight excluding hydrogens is 238 g/mol. The van der Waals surface area contributed by atoms with Gasteiger partial charge in [0.25, 0.3) is 5.91 Å². The highest BCUT2D eigenvalue weighted by Gasteiger charge is 2.21. The van der Waals surface area contributed by atoms with Gasteiger partial charge in [-0.1, -0.05) is 13.8 Å². The third-order valence-electron chi connectivity index (χ3n) is 2.17. The van der Waals surface area contributed by atoms with Crippen molar-refractivity contribution in [2.45, 2.75) is 26.7 Å². The largest absolute Gasteiger partial charge is 0.436 e. The van der Waals surface area contributed by atoms with Crippen LogP contribution >= 0.6 is 11.3 Å². The van der Waals surface area contributed by atoms with E-state index >= 15 is 0 Å². The van der Waals surface area contributed by atoms with Crippen molar-refractivity contribution >= 4 is 22.4 Å². The molecule has 1 amide bonds. The van der Waals surface area contributed by atoms with E-state index in [2.05, 4.69) is 15.3 Å². The lowest BCUT2D eigenvalue weighted by Crippen LogP contribution is -2.13. The molecule has 0 aliphatic carbocycles. The molecule has 2 heterocycles. The van der Waals surface area contributed by atoms with Gasteiger partial charge in [-0.25, -0.2) is 9.97 Å². The fraction of sp³-hybridized carbons (Fsp3) is 0.364. The van der Waals surface area contributed by atoms with E-state index in [-0.39, 0.29) is 17.6 Å². The van der Waals surface area contributed by atoms with E-state index in [0.29, 0.717) is 16.7 Å². The van der Waals surface area contributed by atoms with Crippen molar-refractivity contribution in [1.29, 1.82) is 0 Å².